The Morgan fingerprint density at radius 2 is 2.13 bits per heavy atom. The first-order chi connectivity index (χ1) is 7.31. The van der Waals surface area contributed by atoms with Crippen LogP contribution in [0.4, 0.5) is 0 Å². The largest absolute Gasteiger partial charge is 0.464 e. The van der Waals surface area contributed by atoms with Crippen LogP contribution in [0, 0.1) is 6.33 Å². The van der Waals surface area contributed by atoms with E-state index in [0.29, 0.717) is 0 Å². The number of benzene rings is 1. The minimum absolute atomic E-state index is 0.251. The van der Waals surface area contributed by atoms with Crippen molar-refractivity contribution in [2.24, 2.45) is 0 Å². The molecule has 1 heterocycles. The fraction of sp³-hybridized carbons (Fsp3) is 0.0909. The van der Waals surface area contributed by atoms with Gasteiger partial charge < -0.3 is 4.74 Å². The van der Waals surface area contributed by atoms with Gasteiger partial charge in [0.1, 0.15) is 0 Å². The molecule has 1 aromatic heterocycles. The van der Waals surface area contributed by atoms with Crippen LogP contribution in [0.1, 0.15) is 10.5 Å². The zero-order valence-electron chi connectivity index (χ0n) is 8.18. The smallest absolute Gasteiger partial charge is 0.358 e. The van der Waals surface area contributed by atoms with Crippen LogP contribution < -0.4 is 0 Å². The van der Waals surface area contributed by atoms with Crippen LogP contribution in [0.2, 0.25) is 0 Å². The Kier molecular flexibility index (Phi) is 2.49. The molecule has 0 saturated carbocycles. The molecule has 0 bridgehead atoms. The van der Waals surface area contributed by atoms with Crippen LogP contribution in [0.5, 0.6) is 0 Å². The molecule has 0 saturated heterocycles. The molecule has 2 aromatic rings. The molecular formula is C11H9N2O2. The average Bonchev–Trinajstić information content (AvgIpc) is 2.78. The monoisotopic (exact) mass is 201 g/mol. The number of carbonyl (C=O) groups is 1. The van der Waals surface area contributed by atoms with E-state index in [4.69, 9.17) is 0 Å². The Balaban J connectivity index is 2.32. The van der Waals surface area contributed by atoms with E-state index in [1.807, 2.05) is 30.3 Å². The number of hydrogen-bond donors (Lipinski definition) is 0. The summed E-state index contributed by atoms with van der Waals surface area (Å²) in [5.74, 6) is -0.457. The number of methoxy groups -OCH3 is 1. The maximum atomic E-state index is 11.1. The van der Waals surface area contributed by atoms with Gasteiger partial charge in [-0.2, -0.15) is 0 Å². The highest BCUT2D eigenvalue weighted by Gasteiger charge is 2.09. The minimum Gasteiger partial charge on any atom is -0.464 e. The average molecular weight is 201 g/mol. The van der Waals surface area contributed by atoms with E-state index in [2.05, 4.69) is 16.0 Å². The molecule has 1 aromatic carbocycles. The number of para-hydroxylation sites is 1. The lowest BCUT2D eigenvalue weighted by atomic mass is 10.3. The second-order valence-electron chi connectivity index (χ2n) is 2.92. The predicted molar refractivity (Wildman–Crippen MR) is 53.7 cm³/mol. The van der Waals surface area contributed by atoms with Gasteiger partial charge in [0.2, 0.25) is 0 Å². The van der Waals surface area contributed by atoms with Crippen LogP contribution in [0.25, 0.3) is 5.69 Å². The normalized spacial score (nSPS) is 9.93. The molecule has 0 spiro atoms. The van der Waals surface area contributed by atoms with Crippen molar-refractivity contribution >= 4 is 5.97 Å². The standard InChI is InChI=1S/C11H9N2O2/c1-15-11(14)10-7-13(8-12-10)9-5-3-2-4-6-9/h2-7H,1H3. The van der Waals surface area contributed by atoms with E-state index < -0.39 is 5.97 Å². The Hall–Kier alpha value is -2.10. The predicted octanol–water partition coefficient (Wildman–Crippen LogP) is 1.46. The summed E-state index contributed by atoms with van der Waals surface area (Å²) in [7, 11) is 1.32. The number of imidazole rings is 1. The van der Waals surface area contributed by atoms with E-state index >= 15 is 0 Å². The van der Waals surface area contributed by atoms with Gasteiger partial charge in [0.05, 0.1) is 7.11 Å². The maximum absolute atomic E-state index is 11.1. The van der Waals surface area contributed by atoms with Gasteiger partial charge in [0, 0.05) is 11.9 Å². The molecule has 4 nitrogen and oxygen atoms in total. The second-order valence-corrected chi connectivity index (χ2v) is 2.92. The van der Waals surface area contributed by atoms with Gasteiger partial charge in [-0.25, -0.2) is 9.78 Å². The third-order valence-corrected chi connectivity index (χ3v) is 1.96. The summed E-state index contributed by atoms with van der Waals surface area (Å²) in [4.78, 5) is 15.0. The van der Waals surface area contributed by atoms with E-state index in [1.54, 1.807) is 10.8 Å². The van der Waals surface area contributed by atoms with Crippen LogP contribution >= 0.6 is 0 Å². The molecule has 15 heavy (non-hydrogen) atoms. The highest BCUT2D eigenvalue weighted by atomic mass is 16.5. The number of ether oxygens (including phenoxy) is 1. The lowest BCUT2D eigenvalue weighted by Crippen LogP contribution is -2.00. The topological polar surface area (TPSA) is 44.1 Å². The van der Waals surface area contributed by atoms with E-state index in [0.717, 1.165) is 5.69 Å². The molecule has 0 N–H and O–H groups in total. The molecule has 0 aliphatic rings. The van der Waals surface area contributed by atoms with Crippen molar-refractivity contribution in [1.29, 1.82) is 0 Å². The molecule has 0 unspecified atom stereocenters. The van der Waals surface area contributed by atoms with Crippen LogP contribution in [-0.2, 0) is 4.74 Å². The quantitative estimate of drug-likeness (QED) is 0.691. The summed E-state index contributed by atoms with van der Waals surface area (Å²) in [6, 6.07) is 9.53. The molecule has 0 amide bonds. The number of rotatable bonds is 2. The number of nitrogens with zero attached hydrogens (tertiary/aromatic N) is 2. The van der Waals surface area contributed by atoms with Gasteiger partial charge in [-0.05, 0) is 12.1 Å². The number of carbonyl (C=O) groups excluding carboxylic acids is 1. The summed E-state index contributed by atoms with van der Waals surface area (Å²) in [5, 5.41) is 0. The van der Waals surface area contributed by atoms with Crippen molar-refractivity contribution in [3.63, 3.8) is 0 Å². The SMILES string of the molecule is COC(=O)c1cn(-c2ccccc2)[c]n1. The highest BCUT2D eigenvalue weighted by molar-refractivity contribution is 5.86. The van der Waals surface area contributed by atoms with Crippen molar-refractivity contribution in [3.05, 3.63) is 48.5 Å². The van der Waals surface area contributed by atoms with Gasteiger partial charge in [-0.1, -0.05) is 18.2 Å². The third-order valence-electron chi connectivity index (χ3n) is 1.96. The Bertz CT molecular complexity index is 462. The van der Waals surface area contributed by atoms with Crippen molar-refractivity contribution in [2.75, 3.05) is 7.11 Å². The van der Waals surface area contributed by atoms with Gasteiger partial charge in [0.15, 0.2) is 12.0 Å². The van der Waals surface area contributed by atoms with Gasteiger partial charge in [0.25, 0.3) is 0 Å². The summed E-state index contributed by atoms with van der Waals surface area (Å²) in [6.07, 6.45) is 4.29. The number of hydrogen-bond acceptors (Lipinski definition) is 3. The molecular weight excluding hydrogens is 192 g/mol. The van der Waals surface area contributed by atoms with Gasteiger partial charge >= 0.3 is 5.97 Å². The number of esters is 1. The molecule has 4 heteroatoms. The fourth-order valence-corrected chi connectivity index (χ4v) is 1.21. The minimum atomic E-state index is -0.457. The van der Waals surface area contributed by atoms with E-state index in [-0.39, 0.29) is 5.69 Å². The van der Waals surface area contributed by atoms with Crippen molar-refractivity contribution in [2.45, 2.75) is 0 Å². The molecule has 0 aliphatic carbocycles. The lowest BCUT2D eigenvalue weighted by Gasteiger charge is -1.98. The first-order valence-electron chi connectivity index (χ1n) is 4.42. The van der Waals surface area contributed by atoms with Gasteiger partial charge in [-0.15, -0.1) is 0 Å². The maximum Gasteiger partial charge on any atom is 0.358 e. The zero-order chi connectivity index (χ0) is 10.7. The van der Waals surface area contributed by atoms with Crippen molar-refractivity contribution in [3.8, 4) is 5.69 Å². The summed E-state index contributed by atoms with van der Waals surface area (Å²) < 4.78 is 6.20. The van der Waals surface area contributed by atoms with Gasteiger partial charge in [-0.3, -0.25) is 4.57 Å². The number of aromatic nitrogens is 2. The van der Waals surface area contributed by atoms with Crippen LogP contribution in [-0.4, -0.2) is 22.6 Å². The molecule has 0 aliphatic heterocycles. The van der Waals surface area contributed by atoms with E-state index in [9.17, 15) is 4.79 Å². The molecule has 75 valence electrons. The Morgan fingerprint density at radius 1 is 1.40 bits per heavy atom. The Morgan fingerprint density at radius 3 is 2.80 bits per heavy atom. The Labute approximate surface area is 87.1 Å². The second kappa shape index (κ2) is 3.96. The first kappa shape index (κ1) is 9.45. The molecule has 2 rings (SSSR count). The molecule has 1 radical (unpaired) electrons. The lowest BCUT2D eigenvalue weighted by molar-refractivity contribution is 0.0594. The summed E-state index contributed by atoms with van der Waals surface area (Å²) in [5.41, 5.74) is 1.15. The first-order valence-corrected chi connectivity index (χ1v) is 4.42. The van der Waals surface area contributed by atoms with Crippen molar-refractivity contribution < 1.29 is 9.53 Å². The van der Waals surface area contributed by atoms with E-state index in [1.165, 1.54) is 7.11 Å². The summed E-state index contributed by atoms with van der Waals surface area (Å²) >= 11 is 0. The zero-order valence-corrected chi connectivity index (χ0v) is 8.18. The van der Waals surface area contributed by atoms with Crippen LogP contribution in [0.15, 0.2) is 36.5 Å². The van der Waals surface area contributed by atoms with Crippen molar-refractivity contribution in [1.82, 2.24) is 9.55 Å². The fourth-order valence-electron chi connectivity index (χ4n) is 1.21. The third kappa shape index (κ3) is 1.88. The molecule has 0 fully saturated rings. The van der Waals surface area contributed by atoms with Crippen LogP contribution in [0.3, 0.4) is 0 Å². The molecule has 0 atom stereocenters. The highest BCUT2D eigenvalue weighted by Crippen LogP contribution is 2.07. The summed E-state index contributed by atoms with van der Waals surface area (Å²) in [6.45, 7) is 0.